The molecule has 3 N–H and O–H groups in total. The first-order valence-electron chi connectivity index (χ1n) is 16.2. The number of hydrogen-bond acceptors (Lipinski definition) is 8. The van der Waals surface area contributed by atoms with E-state index in [9.17, 15) is 27.6 Å². The van der Waals surface area contributed by atoms with Crippen LogP contribution in [0.5, 0.6) is 0 Å². The third-order valence-corrected chi connectivity index (χ3v) is 12.8. The van der Waals surface area contributed by atoms with Crippen LogP contribution in [0.25, 0.3) is 0 Å². The smallest absolute Gasteiger partial charge is 0.410 e. The Kier molecular flexibility index (Phi) is 9.50. The molecular formula is C31H41Cl2N5O7S. The van der Waals surface area contributed by atoms with Crippen LogP contribution in [0.2, 0.25) is 5.02 Å². The normalized spacial score (nSPS) is 28.4. The number of benzene rings is 1. The fourth-order valence-corrected chi connectivity index (χ4v) is 9.27. The molecule has 1 aromatic rings. The van der Waals surface area contributed by atoms with E-state index in [1.54, 1.807) is 6.07 Å². The molecule has 5 aliphatic rings. The minimum absolute atomic E-state index is 0.0133. The van der Waals surface area contributed by atoms with Crippen LogP contribution in [0.3, 0.4) is 0 Å². The Balaban J connectivity index is 1.19. The topological polar surface area (TPSA) is 154 Å². The van der Waals surface area contributed by atoms with Gasteiger partial charge >= 0.3 is 6.09 Å². The summed E-state index contributed by atoms with van der Waals surface area (Å²) in [5.41, 5.74) is 0.383. The Labute approximate surface area is 279 Å². The number of sulfonamides is 1. The number of carbonyl (C=O) groups is 4. The first kappa shape index (κ1) is 33.3. The highest BCUT2D eigenvalue weighted by molar-refractivity contribution is 7.91. The molecule has 2 heterocycles. The van der Waals surface area contributed by atoms with E-state index < -0.39 is 56.9 Å². The third-order valence-electron chi connectivity index (χ3n) is 10.4. The van der Waals surface area contributed by atoms with E-state index in [4.69, 9.17) is 28.1 Å². The average molecular weight is 699 g/mol. The van der Waals surface area contributed by atoms with Gasteiger partial charge < -0.3 is 15.0 Å². The molecular weight excluding hydrogens is 657 g/mol. The molecule has 0 bridgehead atoms. The van der Waals surface area contributed by atoms with Crippen molar-refractivity contribution in [3.05, 3.63) is 34.3 Å². The second kappa shape index (κ2) is 13.1. The SMILES string of the molecule is CC[C@@H]1C[C@]1(NC(=O)[C@@H]1C[C@@H](OC(=O)N2Cc3cccc(Cl)c3C2)CN1C(=O)[C@@H](NCl)C1CCCCC1)C(=O)NS(=O)(=O)C1CC1. The summed E-state index contributed by atoms with van der Waals surface area (Å²) in [7, 11) is -3.83. The lowest BCUT2D eigenvalue weighted by Crippen LogP contribution is -2.58. The van der Waals surface area contributed by atoms with Crippen molar-refractivity contribution >= 4 is 57.2 Å². The zero-order valence-corrected chi connectivity index (χ0v) is 28.1. The molecule has 3 aliphatic carbocycles. The zero-order chi connectivity index (χ0) is 32.8. The Morgan fingerprint density at radius 1 is 1.09 bits per heavy atom. The lowest BCUT2D eigenvalue weighted by molar-refractivity contribution is -0.142. The van der Waals surface area contributed by atoms with Crippen molar-refractivity contribution in [3.8, 4) is 0 Å². The summed E-state index contributed by atoms with van der Waals surface area (Å²) in [6.07, 6.45) is 5.10. The summed E-state index contributed by atoms with van der Waals surface area (Å²) in [6, 6.07) is 3.69. The number of likely N-dealkylation sites (tertiary alicyclic amines) is 1. The fourth-order valence-electron chi connectivity index (χ4n) is 7.38. The van der Waals surface area contributed by atoms with Gasteiger partial charge in [-0.2, -0.15) is 0 Å². The molecule has 0 unspecified atom stereocenters. The second-order valence-corrected chi connectivity index (χ2v) is 16.0. The van der Waals surface area contributed by atoms with Gasteiger partial charge in [-0.05, 0) is 72.9 Å². The number of halogens is 2. The highest BCUT2D eigenvalue weighted by Gasteiger charge is 2.62. The molecule has 0 aromatic heterocycles. The van der Waals surface area contributed by atoms with Crippen molar-refractivity contribution in [3.63, 3.8) is 0 Å². The maximum absolute atomic E-state index is 14.0. The van der Waals surface area contributed by atoms with Gasteiger partial charge in [-0.3, -0.25) is 24.0 Å². The number of amides is 4. The van der Waals surface area contributed by atoms with Crippen LogP contribution in [-0.4, -0.2) is 77.6 Å². The number of nitrogens with zero attached hydrogens (tertiary/aromatic N) is 2. The Hall–Kier alpha value is -2.61. The Bertz CT molecular complexity index is 1500. The standard InChI is InChI=1S/C31H41Cl2N5O7S/c1-2-20-14-31(20,29(41)36-46(43,44)22-11-12-22)34-27(39)25-13-21(16-38(25)28(40)26(35-33)18-7-4-3-5-8-18)45-30(42)37-15-19-9-6-10-24(32)23(19)17-37/h6,9-10,18,20-22,25-26,35H,2-5,7-8,11-17H2,1H3,(H,34,39)(H,36,41)/t20-,21-,25+,26+,31-/m1/s1. The van der Waals surface area contributed by atoms with Gasteiger partial charge in [0.05, 0.1) is 18.3 Å². The van der Waals surface area contributed by atoms with Gasteiger partial charge in [0, 0.05) is 18.0 Å². The van der Waals surface area contributed by atoms with Crippen LogP contribution in [0.1, 0.15) is 82.3 Å². The summed E-state index contributed by atoms with van der Waals surface area (Å²) in [5, 5.41) is 2.80. The van der Waals surface area contributed by atoms with E-state index in [1.807, 2.05) is 19.1 Å². The molecule has 46 heavy (non-hydrogen) atoms. The van der Waals surface area contributed by atoms with Gasteiger partial charge in [0.15, 0.2) is 0 Å². The van der Waals surface area contributed by atoms with E-state index in [2.05, 4.69) is 14.9 Å². The predicted octanol–water partition coefficient (Wildman–Crippen LogP) is 3.35. The summed E-state index contributed by atoms with van der Waals surface area (Å²) < 4.78 is 33.2. The van der Waals surface area contributed by atoms with E-state index >= 15 is 0 Å². The number of carbonyl (C=O) groups excluding carboxylic acids is 4. The van der Waals surface area contributed by atoms with Crippen molar-refractivity contribution in [1.29, 1.82) is 0 Å². The van der Waals surface area contributed by atoms with Gasteiger partial charge in [-0.1, -0.05) is 56.3 Å². The van der Waals surface area contributed by atoms with Crippen molar-refractivity contribution < 1.29 is 32.3 Å². The highest BCUT2D eigenvalue weighted by atomic mass is 35.5. The van der Waals surface area contributed by atoms with E-state index in [1.165, 1.54) is 9.80 Å². The number of fused-ring (bicyclic) bond motifs is 1. The number of rotatable bonds is 10. The average Bonchev–Trinajstić information content (AvgIpc) is 3.92. The van der Waals surface area contributed by atoms with Gasteiger partial charge in [0.1, 0.15) is 23.7 Å². The monoisotopic (exact) mass is 697 g/mol. The Morgan fingerprint density at radius 2 is 1.83 bits per heavy atom. The second-order valence-electron chi connectivity index (χ2n) is 13.4. The molecule has 4 amide bonds. The van der Waals surface area contributed by atoms with Crippen molar-refractivity contribution in [1.82, 2.24) is 24.7 Å². The van der Waals surface area contributed by atoms with Crippen LogP contribution < -0.4 is 14.9 Å². The van der Waals surface area contributed by atoms with Gasteiger partial charge in [0.25, 0.3) is 5.91 Å². The predicted molar refractivity (Wildman–Crippen MR) is 170 cm³/mol. The molecule has 1 aromatic carbocycles. The zero-order valence-electron chi connectivity index (χ0n) is 25.8. The van der Waals surface area contributed by atoms with Gasteiger partial charge in [-0.15, -0.1) is 0 Å². The lowest BCUT2D eigenvalue weighted by atomic mass is 9.83. The number of nitrogens with one attached hydrogen (secondary N) is 3. The molecule has 6 rings (SSSR count). The molecule has 3 saturated carbocycles. The van der Waals surface area contributed by atoms with E-state index in [0.717, 1.165) is 43.2 Å². The minimum atomic E-state index is -3.83. The summed E-state index contributed by atoms with van der Waals surface area (Å²) in [5.74, 6) is -2.01. The highest BCUT2D eigenvalue weighted by Crippen LogP contribution is 2.47. The summed E-state index contributed by atoms with van der Waals surface area (Å²) in [4.78, 5) is 60.3. The fraction of sp³-hybridized carbons (Fsp3) is 0.677. The van der Waals surface area contributed by atoms with Crippen LogP contribution in [0.15, 0.2) is 18.2 Å². The summed E-state index contributed by atoms with van der Waals surface area (Å²) in [6.45, 7) is 2.45. The first-order chi connectivity index (χ1) is 22.0. The van der Waals surface area contributed by atoms with Crippen molar-refractivity contribution in [2.24, 2.45) is 11.8 Å². The van der Waals surface area contributed by atoms with E-state index in [-0.39, 0.29) is 43.7 Å². The molecule has 15 heteroatoms. The van der Waals surface area contributed by atoms with Gasteiger partial charge in [-0.25, -0.2) is 18.0 Å². The lowest BCUT2D eigenvalue weighted by Gasteiger charge is -2.33. The van der Waals surface area contributed by atoms with Crippen LogP contribution in [0, 0.1) is 11.8 Å². The maximum Gasteiger partial charge on any atom is 0.410 e. The first-order valence-corrected chi connectivity index (χ1v) is 18.5. The molecule has 2 aliphatic heterocycles. The Morgan fingerprint density at radius 3 is 2.46 bits per heavy atom. The minimum Gasteiger partial charge on any atom is -0.444 e. The molecule has 1 saturated heterocycles. The third kappa shape index (κ3) is 6.57. The molecule has 0 spiro atoms. The largest absolute Gasteiger partial charge is 0.444 e. The number of hydrogen-bond donors (Lipinski definition) is 3. The van der Waals surface area contributed by atoms with E-state index in [0.29, 0.717) is 30.8 Å². The molecule has 252 valence electrons. The van der Waals surface area contributed by atoms with Crippen LogP contribution >= 0.6 is 23.4 Å². The van der Waals surface area contributed by atoms with Gasteiger partial charge in [0.2, 0.25) is 21.8 Å². The van der Waals surface area contributed by atoms with Crippen LogP contribution in [-0.2, 0) is 42.2 Å². The van der Waals surface area contributed by atoms with Crippen molar-refractivity contribution in [2.75, 3.05) is 6.54 Å². The molecule has 0 radical (unpaired) electrons. The number of ether oxygens (including phenoxy) is 1. The quantitative estimate of drug-likeness (QED) is 0.315. The van der Waals surface area contributed by atoms with Crippen LogP contribution in [0.4, 0.5) is 4.79 Å². The maximum atomic E-state index is 14.0. The summed E-state index contributed by atoms with van der Waals surface area (Å²) >= 11 is 12.5. The molecule has 4 fully saturated rings. The molecule has 5 atom stereocenters. The molecule has 12 nitrogen and oxygen atoms in total. The van der Waals surface area contributed by atoms with Crippen molar-refractivity contribution in [2.45, 2.75) is 113 Å².